The van der Waals surface area contributed by atoms with Crippen molar-refractivity contribution in [2.75, 3.05) is 26.6 Å². The van der Waals surface area contributed by atoms with E-state index in [9.17, 15) is 4.79 Å². The second kappa shape index (κ2) is 8.01. The van der Waals surface area contributed by atoms with Crippen LogP contribution in [0.4, 0.5) is 0 Å². The maximum Gasteiger partial charge on any atom is 0.316 e. The second-order valence-electron chi connectivity index (χ2n) is 3.14. The molecule has 0 radical (unpaired) electrons. The molecule has 0 saturated carbocycles. The summed E-state index contributed by atoms with van der Waals surface area (Å²) in [6.07, 6.45) is -0.435. The highest BCUT2D eigenvalue weighted by Gasteiger charge is 2.14. The summed E-state index contributed by atoms with van der Waals surface area (Å²) in [6, 6.07) is 0. The highest BCUT2D eigenvalue weighted by atomic mass is 32.2. The SMILES string of the molecule is CCOC(=O)CSc1nnnn1CC(OC)OC. The second-order valence-corrected chi connectivity index (χ2v) is 4.08. The number of rotatable bonds is 8. The minimum absolute atomic E-state index is 0.166. The predicted octanol–water partition coefficient (Wildman–Crippen LogP) is -0.0528. The van der Waals surface area contributed by atoms with Crippen molar-refractivity contribution in [1.82, 2.24) is 20.2 Å². The van der Waals surface area contributed by atoms with Crippen molar-refractivity contribution in [3.63, 3.8) is 0 Å². The molecule has 0 aromatic carbocycles. The zero-order valence-corrected chi connectivity index (χ0v) is 11.3. The van der Waals surface area contributed by atoms with Crippen LogP contribution in [0, 0.1) is 0 Å². The van der Waals surface area contributed by atoms with Gasteiger partial charge >= 0.3 is 5.97 Å². The Bertz CT molecular complexity index is 369. The largest absolute Gasteiger partial charge is 0.465 e. The maximum atomic E-state index is 11.2. The Balaban J connectivity index is 2.51. The number of hydrogen-bond acceptors (Lipinski definition) is 8. The average Bonchev–Trinajstić information content (AvgIpc) is 2.81. The Morgan fingerprint density at radius 3 is 2.78 bits per heavy atom. The van der Waals surface area contributed by atoms with Crippen molar-refractivity contribution in [1.29, 1.82) is 0 Å². The van der Waals surface area contributed by atoms with Gasteiger partial charge < -0.3 is 14.2 Å². The fourth-order valence-electron chi connectivity index (χ4n) is 1.13. The normalized spacial score (nSPS) is 10.9. The molecule has 0 atom stereocenters. The molecule has 0 amide bonds. The van der Waals surface area contributed by atoms with Gasteiger partial charge in [0.15, 0.2) is 6.29 Å². The molecule has 1 rings (SSSR count). The standard InChI is InChI=1S/C9H16N4O4S/c1-4-17-7(14)6-18-9-10-11-12-13(9)5-8(15-2)16-3/h8H,4-6H2,1-3H3. The lowest BCUT2D eigenvalue weighted by Gasteiger charge is -2.13. The number of thioether (sulfide) groups is 1. The zero-order valence-electron chi connectivity index (χ0n) is 10.5. The summed E-state index contributed by atoms with van der Waals surface area (Å²) in [6.45, 7) is 2.47. The van der Waals surface area contributed by atoms with E-state index in [2.05, 4.69) is 15.5 Å². The van der Waals surface area contributed by atoms with Crippen LogP contribution in [0.15, 0.2) is 5.16 Å². The molecule has 8 nitrogen and oxygen atoms in total. The molecule has 1 aromatic rings. The molecule has 9 heteroatoms. The van der Waals surface area contributed by atoms with Crippen LogP contribution in [0.2, 0.25) is 0 Å². The monoisotopic (exact) mass is 276 g/mol. The van der Waals surface area contributed by atoms with Gasteiger partial charge in [0.25, 0.3) is 0 Å². The molecule has 0 unspecified atom stereocenters. The van der Waals surface area contributed by atoms with E-state index in [1.165, 1.54) is 30.7 Å². The number of nitrogens with zero attached hydrogens (tertiary/aromatic N) is 4. The van der Waals surface area contributed by atoms with Crippen LogP contribution in [0.25, 0.3) is 0 Å². The van der Waals surface area contributed by atoms with Crippen LogP contribution < -0.4 is 0 Å². The Morgan fingerprint density at radius 1 is 1.44 bits per heavy atom. The van der Waals surface area contributed by atoms with E-state index in [0.29, 0.717) is 18.3 Å². The molecule has 0 aliphatic carbocycles. The van der Waals surface area contributed by atoms with Gasteiger partial charge in [-0.3, -0.25) is 4.79 Å². The summed E-state index contributed by atoms with van der Waals surface area (Å²) >= 11 is 1.21. The van der Waals surface area contributed by atoms with Crippen LogP contribution in [0.1, 0.15) is 6.92 Å². The van der Waals surface area contributed by atoms with Crippen molar-refractivity contribution in [2.24, 2.45) is 0 Å². The molecule has 0 aliphatic rings. The van der Waals surface area contributed by atoms with Crippen molar-refractivity contribution in [2.45, 2.75) is 24.9 Å². The molecule has 0 saturated heterocycles. The molecule has 1 aromatic heterocycles. The molecule has 0 bridgehead atoms. The summed E-state index contributed by atoms with van der Waals surface area (Å²) in [4.78, 5) is 11.2. The Morgan fingerprint density at radius 2 is 2.17 bits per heavy atom. The number of hydrogen-bond donors (Lipinski definition) is 0. The van der Waals surface area contributed by atoms with E-state index in [-0.39, 0.29) is 11.7 Å². The molecular weight excluding hydrogens is 260 g/mol. The van der Waals surface area contributed by atoms with Crippen molar-refractivity contribution in [3.8, 4) is 0 Å². The van der Waals surface area contributed by atoms with Crippen molar-refractivity contribution >= 4 is 17.7 Å². The van der Waals surface area contributed by atoms with Crippen molar-refractivity contribution in [3.05, 3.63) is 0 Å². The minimum Gasteiger partial charge on any atom is -0.465 e. The van der Waals surface area contributed by atoms with Gasteiger partial charge in [-0.05, 0) is 17.4 Å². The van der Waals surface area contributed by atoms with Crippen LogP contribution in [0.5, 0.6) is 0 Å². The Kier molecular flexibility index (Phi) is 6.61. The van der Waals surface area contributed by atoms with Gasteiger partial charge in [0.05, 0.1) is 18.9 Å². The first-order valence-electron chi connectivity index (χ1n) is 5.31. The number of tetrazole rings is 1. The van der Waals surface area contributed by atoms with Gasteiger partial charge in [-0.2, -0.15) is 0 Å². The first-order valence-corrected chi connectivity index (χ1v) is 6.30. The van der Waals surface area contributed by atoms with Gasteiger partial charge in [0.2, 0.25) is 5.16 Å². The number of ether oxygens (including phenoxy) is 3. The van der Waals surface area contributed by atoms with E-state index >= 15 is 0 Å². The molecule has 0 fully saturated rings. The molecule has 1 heterocycles. The predicted molar refractivity (Wildman–Crippen MR) is 63.0 cm³/mol. The third-order valence-corrected chi connectivity index (χ3v) is 2.90. The van der Waals surface area contributed by atoms with E-state index in [1.54, 1.807) is 6.92 Å². The van der Waals surface area contributed by atoms with Gasteiger partial charge in [-0.15, -0.1) is 5.10 Å². The van der Waals surface area contributed by atoms with E-state index in [0.717, 1.165) is 0 Å². The molecule has 0 N–H and O–H groups in total. The summed E-state index contributed by atoms with van der Waals surface area (Å²) in [7, 11) is 3.06. The van der Waals surface area contributed by atoms with E-state index in [4.69, 9.17) is 14.2 Å². The van der Waals surface area contributed by atoms with Gasteiger partial charge in [-0.1, -0.05) is 11.8 Å². The fraction of sp³-hybridized carbons (Fsp3) is 0.778. The smallest absolute Gasteiger partial charge is 0.316 e. The van der Waals surface area contributed by atoms with Crippen LogP contribution in [-0.4, -0.2) is 59.0 Å². The zero-order chi connectivity index (χ0) is 13.4. The quantitative estimate of drug-likeness (QED) is 0.371. The minimum atomic E-state index is -0.435. The van der Waals surface area contributed by atoms with Gasteiger partial charge in [-0.25, -0.2) is 4.68 Å². The third kappa shape index (κ3) is 4.59. The summed E-state index contributed by atoms with van der Waals surface area (Å²) < 4.78 is 16.4. The molecule has 102 valence electrons. The maximum absolute atomic E-state index is 11.2. The molecular formula is C9H16N4O4S. The highest BCUT2D eigenvalue weighted by Crippen LogP contribution is 2.14. The van der Waals surface area contributed by atoms with E-state index in [1.807, 2.05) is 0 Å². The highest BCUT2D eigenvalue weighted by molar-refractivity contribution is 7.99. The van der Waals surface area contributed by atoms with Crippen LogP contribution in [-0.2, 0) is 25.5 Å². The number of methoxy groups -OCH3 is 2. The number of esters is 1. The topological polar surface area (TPSA) is 88.4 Å². The average molecular weight is 276 g/mol. The molecule has 0 spiro atoms. The lowest BCUT2D eigenvalue weighted by molar-refractivity contribution is -0.139. The third-order valence-electron chi connectivity index (χ3n) is 1.97. The fourth-order valence-corrected chi connectivity index (χ4v) is 1.81. The number of carbonyl (C=O) groups excluding carboxylic acids is 1. The van der Waals surface area contributed by atoms with Crippen LogP contribution in [0.3, 0.4) is 0 Å². The molecule has 0 aliphatic heterocycles. The van der Waals surface area contributed by atoms with Gasteiger partial charge in [0, 0.05) is 14.2 Å². The van der Waals surface area contributed by atoms with Gasteiger partial charge in [0.1, 0.15) is 0 Å². The van der Waals surface area contributed by atoms with Crippen LogP contribution >= 0.6 is 11.8 Å². The van der Waals surface area contributed by atoms with Crippen molar-refractivity contribution < 1.29 is 19.0 Å². The summed E-state index contributed by atoms with van der Waals surface area (Å²) in [5.41, 5.74) is 0. The molecule has 18 heavy (non-hydrogen) atoms. The lowest BCUT2D eigenvalue weighted by Crippen LogP contribution is -2.22. The number of aromatic nitrogens is 4. The first kappa shape index (κ1) is 14.9. The number of carbonyl (C=O) groups is 1. The summed E-state index contributed by atoms with van der Waals surface area (Å²) in [5.74, 6) is -0.133. The lowest BCUT2D eigenvalue weighted by atomic mass is 10.6. The first-order chi connectivity index (χ1) is 8.71. The van der Waals surface area contributed by atoms with E-state index < -0.39 is 6.29 Å². The Hall–Kier alpha value is -1.19. The Labute approximate surface area is 109 Å². The summed E-state index contributed by atoms with van der Waals surface area (Å²) in [5, 5.41) is 11.7.